The van der Waals surface area contributed by atoms with Crippen molar-refractivity contribution in [2.24, 2.45) is 0 Å². The summed E-state index contributed by atoms with van der Waals surface area (Å²) in [5.74, 6) is 1.48. The first-order chi connectivity index (χ1) is 6.72. The van der Waals surface area contributed by atoms with E-state index in [-0.39, 0.29) is 10.9 Å². The summed E-state index contributed by atoms with van der Waals surface area (Å²) in [6, 6.07) is 0. The fraction of sp³-hybridized carbons (Fsp3) is 0.909. The van der Waals surface area contributed by atoms with Gasteiger partial charge in [0.15, 0.2) is 5.78 Å². The van der Waals surface area contributed by atoms with Crippen molar-refractivity contribution in [1.82, 2.24) is 0 Å². The summed E-state index contributed by atoms with van der Waals surface area (Å²) < 4.78 is 5.42. The molecule has 0 aliphatic carbocycles. The Morgan fingerprint density at radius 2 is 2.29 bits per heavy atom. The number of Topliss-reactive ketones (excluding diaryl/α,β-unsaturated/α-hetero) is 1. The van der Waals surface area contributed by atoms with Crippen LogP contribution in [0.1, 0.15) is 39.0 Å². The van der Waals surface area contributed by atoms with Crippen LogP contribution in [0.4, 0.5) is 0 Å². The SMILES string of the molecule is CC1(C(=O)C2CCCCO2)CCCS1. The minimum Gasteiger partial charge on any atom is -0.370 e. The van der Waals surface area contributed by atoms with Crippen molar-refractivity contribution in [3.63, 3.8) is 0 Å². The molecule has 0 aromatic heterocycles. The molecule has 2 unspecified atom stereocenters. The van der Waals surface area contributed by atoms with Crippen LogP contribution in [0, 0.1) is 0 Å². The molecule has 14 heavy (non-hydrogen) atoms. The molecule has 2 atom stereocenters. The molecule has 80 valence electrons. The zero-order valence-corrected chi connectivity index (χ0v) is 9.57. The van der Waals surface area contributed by atoms with Gasteiger partial charge in [0, 0.05) is 6.61 Å². The molecular formula is C11H18O2S. The van der Waals surface area contributed by atoms with E-state index in [0.717, 1.165) is 38.0 Å². The van der Waals surface area contributed by atoms with Gasteiger partial charge in [-0.25, -0.2) is 0 Å². The zero-order valence-electron chi connectivity index (χ0n) is 8.75. The summed E-state index contributed by atoms with van der Waals surface area (Å²) in [6.07, 6.45) is 5.33. The van der Waals surface area contributed by atoms with Gasteiger partial charge in [0.2, 0.25) is 0 Å². The monoisotopic (exact) mass is 214 g/mol. The molecule has 0 aromatic carbocycles. The summed E-state index contributed by atoms with van der Waals surface area (Å²) in [4.78, 5) is 12.2. The van der Waals surface area contributed by atoms with E-state index in [4.69, 9.17) is 4.74 Å². The highest BCUT2D eigenvalue weighted by molar-refractivity contribution is 8.01. The summed E-state index contributed by atoms with van der Waals surface area (Å²) >= 11 is 1.82. The lowest BCUT2D eigenvalue weighted by Gasteiger charge is -2.29. The third kappa shape index (κ3) is 1.98. The second kappa shape index (κ2) is 4.23. The number of thioether (sulfide) groups is 1. The average molecular weight is 214 g/mol. The first-order valence-electron chi connectivity index (χ1n) is 5.52. The van der Waals surface area contributed by atoms with E-state index in [1.54, 1.807) is 0 Å². The van der Waals surface area contributed by atoms with Crippen molar-refractivity contribution in [2.45, 2.75) is 49.9 Å². The third-order valence-corrected chi connectivity index (χ3v) is 4.75. The van der Waals surface area contributed by atoms with Crippen molar-refractivity contribution < 1.29 is 9.53 Å². The van der Waals surface area contributed by atoms with E-state index in [9.17, 15) is 4.79 Å². The van der Waals surface area contributed by atoms with Gasteiger partial charge < -0.3 is 4.74 Å². The first-order valence-corrected chi connectivity index (χ1v) is 6.51. The van der Waals surface area contributed by atoms with E-state index in [0.29, 0.717) is 5.78 Å². The topological polar surface area (TPSA) is 26.3 Å². The van der Waals surface area contributed by atoms with Crippen LogP contribution < -0.4 is 0 Å². The Kier molecular flexibility index (Phi) is 3.17. The summed E-state index contributed by atoms with van der Waals surface area (Å²) in [6.45, 7) is 2.86. The van der Waals surface area contributed by atoms with Gasteiger partial charge >= 0.3 is 0 Å². The third-order valence-electron chi connectivity index (χ3n) is 3.21. The van der Waals surface area contributed by atoms with Crippen LogP contribution in [0.2, 0.25) is 0 Å². The highest BCUT2D eigenvalue weighted by Crippen LogP contribution is 2.40. The average Bonchev–Trinajstić information content (AvgIpc) is 2.67. The molecule has 0 N–H and O–H groups in total. The number of carbonyl (C=O) groups is 1. The maximum atomic E-state index is 12.2. The highest BCUT2D eigenvalue weighted by Gasteiger charge is 2.41. The van der Waals surface area contributed by atoms with E-state index >= 15 is 0 Å². The van der Waals surface area contributed by atoms with Crippen LogP contribution in [0.15, 0.2) is 0 Å². The van der Waals surface area contributed by atoms with Gasteiger partial charge in [0.25, 0.3) is 0 Å². The molecule has 2 aliphatic rings. The van der Waals surface area contributed by atoms with Gasteiger partial charge in [0.05, 0.1) is 4.75 Å². The van der Waals surface area contributed by atoms with E-state index in [1.807, 2.05) is 11.8 Å². The lowest BCUT2D eigenvalue weighted by molar-refractivity contribution is -0.135. The first kappa shape index (κ1) is 10.5. The quantitative estimate of drug-likeness (QED) is 0.706. The molecule has 3 heteroatoms. The number of ketones is 1. The van der Waals surface area contributed by atoms with Crippen LogP contribution >= 0.6 is 11.8 Å². The Bertz CT molecular complexity index is 215. The molecule has 0 bridgehead atoms. The minimum atomic E-state index is -0.137. The standard InChI is InChI=1S/C11H18O2S/c1-11(6-4-8-14-11)10(12)9-5-2-3-7-13-9/h9H,2-8H2,1H3. The van der Waals surface area contributed by atoms with Crippen LogP contribution in [0.3, 0.4) is 0 Å². The zero-order chi connectivity index (χ0) is 10.0. The normalized spacial score (nSPS) is 38.5. The van der Waals surface area contributed by atoms with Gasteiger partial charge in [-0.15, -0.1) is 11.8 Å². The van der Waals surface area contributed by atoms with Crippen LogP contribution in [0.5, 0.6) is 0 Å². The molecule has 0 spiro atoms. The van der Waals surface area contributed by atoms with Gasteiger partial charge in [-0.2, -0.15) is 0 Å². The van der Waals surface area contributed by atoms with Crippen molar-refractivity contribution in [1.29, 1.82) is 0 Å². The van der Waals surface area contributed by atoms with Crippen molar-refractivity contribution in [2.75, 3.05) is 12.4 Å². The maximum absolute atomic E-state index is 12.2. The maximum Gasteiger partial charge on any atom is 0.177 e. The molecule has 2 saturated heterocycles. The van der Waals surface area contributed by atoms with Crippen LogP contribution in [-0.4, -0.2) is 29.0 Å². The predicted octanol–water partition coefficient (Wildman–Crippen LogP) is 2.41. The van der Waals surface area contributed by atoms with Crippen LogP contribution in [-0.2, 0) is 9.53 Å². The molecule has 0 saturated carbocycles. The number of hydrogen-bond donors (Lipinski definition) is 0. The van der Waals surface area contributed by atoms with Crippen molar-refractivity contribution in [3.05, 3.63) is 0 Å². The van der Waals surface area contributed by atoms with E-state index in [1.165, 1.54) is 6.42 Å². The molecule has 2 aliphatic heterocycles. The smallest absolute Gasteiger partial charge is 0.177 e. The molecule has 0 radical (unpaired) electrons. The molecule has 2 fully saturated rings. The minimum absolute atomic E-state index is 0.0978. The Hall–Kier alpha value is -0.0200. The summed E-state index contributed by atoms with van der Waals surface area (Å²) in [5, 5.41) is 0. The Labute approximate surface area is 89.8 Å². The Morgan fingerprint density at radius 3 is 2.86 bits per heavy atom. The molecule has 0 amide bonds. The number of ether oxygens (including phenoxy) is 1. The molecule has 2 heterocycles. The fourth-order valence-electron chi connectivity index (χ4n) is 2.26. The second-order valence-corrected chi connectivity index (χ2v) is 6.00. The van der Waals surface area contributed by atoms with Crippen LogP contribution in [0.25, 0.3) is 0 Å². The number of hydrogen-bond acceptors (Lipinski definition) is 3. The Morgan fingerprint density at radius 1 is 1.43 bits per heavy atom. The molecular weight excluding hydrogens is 196 g/mol. The molecule has 2 nitrogen and oxygen atoms in total. The second-order valence-electron chi connectivity index (χ2n) is 4.40. The molecule has 2 rings (SSSR count). The van der Waals surface area contributed by atoms with Gasteiger partial charge in [-0.3, -0.25) is 4.79 Å². The fourth-order valence-corrected chi connectivity index (χ4v) is 3.56. The van der Waals surface area contributed by atoms with Crippen molar-refractivity contribution in [3.8, 4) is 0 Å². The highest BCUT2D eigenvalue weighted by atomic mass is 32.2. The summed E-state index contributed by atoms with van der Waals surface area (Å²) in [5.41, 5.74) is 0. The Balaban J connectivity index is 1.98. The van der Waals surface area contributed by atoms with Gasteiger partial charge in [-0.05, 0) is 44.8 Å². The largest absolute Gasteiger partial charge is 0.370 e. The predicted molar refractivity (Wildman–Crippen MR) is 58.7 cm³/mol. The van der Waals surface area contributed by atoms with Crippen molar-refractivity contribution >= 4 is 17.5 Å². The lowest BCUT2D eigenvalue weighted by atomic mass is 9.93. The number of carbonyl (C=O) groups excluding carboxylic acids is 1. The molecule has 0 aromatic rings. The van der Waals surface area contributed by atoms with E-state index < -0.39 is 0 Å². The van der Waals surface area contributed by atoms with Gasteiger partial charge in [0.1, 0.15) is 6.10 Å². The van der Waals surface area contributed by atoms with Gasteiger partial charge in [-0.1, -0.05) is 0 Å². The lowest BCUT2D eigenvalue weighted by Crippen LogP contribution is -2.41. The summed E-state index contributed by atoms with van der Waals surface area (Å²) in [7, 11) is 0. The van der Waals surface area contributed by atoms with E-state index in [2.05, 4.69) is 6.92 Å². The number of rotatable bonds is 2.